The van der Waals surface area contributed by atoms with Gasteiger partial charge in [0.25, 0.3) is 0 Å². The summed E-state index contributed by atoms with van der Waals surface area (Å²) < 4.78 is 0. The van der Waals surface area contributed by atoms with Gasteiger partial charge in [-0.1, -0.05) is 42.6 Å². The maximum absolute atomic E-state index is 12.6. The average molecular weight is 395 g/mol. The molecule has 4 saturated carbocycles. The third-order valence-corrected chi connectivity index (χ3v) is 9.53. The molecule has 136 valence electrons. The first-order valence-corrected chi connectivity index (χ1v) is 11.8. The minimum Gasteiger partial charge on any atom is -0.298 e. The molecule has 4 rings (SSSR count). The maximum Gasteiger partial charge on any atom is 0.147 e. The molecule has 8 atom stereocenters. The molecule has 0 aromatic carbocycles. The molecular weight excluding hydrogens is 360 g/mol. The molecule has 4 aliphatic rings. The van der Waals surface area contributed by atoms with Gasteiger partial charge < -0.3 is 0 Å². The second kappa shape index (κ2) is 6.71. The number of alkyl halides is 1. The first-order chi connectivity index (χ1) is 11.5. The number of hydrogen-bond acceptors (Lipinski definition) is 1. The van der Waals surface area contributed by atoms with Gasteiger partial charge >= 0.3 is 0 Å². The summed E-state index contributed by atoms with van der Waals surface area (Å²) >= 11 is 3.46. The van der Waals surface area contributed by atoms with Crippen molar-refractivity contribution in [1.29, 1.82) is 0 Å². The molecule has 8 unspecified atom stereocenters. The largest absolute Gasteiger partial charge is 0.298 e. The number of carbonyl (C=O) groups is 1. The molecule has 2 heteroatoms. The van der Waals surface area contributed by atoms with Crippen molar-refractivity contribution in [2.75, 3.05) is 5.33 Å². The topological polar surface area (TPSA) is 17.1 Å². The number of hydrogen-bond donors (Lipinski definition) is 0. The van der Waals surface area contributed by atoms with Crippen molar-refractivity contribution < 1.29 is 4.79 Å². The van der Waals surface area contributed by atoms with Gasteiger partial charge in [-0.05, 0) is 92.3 Å². The van der Waals surface area contributed by atoms with Crippen molar-refractivity contribution >= 4 is 21.7 Å². The number of fused-ring (bicyclic) bond motifs is 5. The highest BCUT2D eigenvalue weighted by atomic mass is 79.9. The fraction of sp³-hybridized carbons (Fsp3) is 0.955. The fourth-order valence-electron chi connectivity index (χ4n) is 7.91. The van der Waals surface area contributed by atoms with Crippen LogP contribution in [0.3, 0.4) is 0 Å². The van der Waals surface area contributed by atoms with Gasteiger partial charge in [0, 0.05) is 5.92 Å². The molecule has 0 spiro atoms. The first kappa shape index (κ1) is 17.6. The van der Waals surface area contributed by atoms with Gasteiger partial charge in [0.15, 0.2) is 0 Å². The van der Waals surface area contributed by atoms with E-state index in [0.29, 0.717) is 22.4 Å². The summed E-state index contributed by atoms with van der Waals surface area (Å²) in [6.07, 6.45) is 14.0. The van der Waals surface area contributed by atoms with E-state index in [0.717, 1.165) is 41.9 Å². The van der Waals surface area contributed by atoms with Crippen molar-refractivity contribution in [1.82, 2.24) is 0 Å². The van der Waals surface area contributed by atoms with Gasteiger partial charge in [-0.25, -0.2) is 0 Å². The zero-order chi connectivity index (χ0) is 16.9. The van der Waals surface area contributed by atoms with E-state index in [-0.39, 0.29) is 0 Å². The van der Waals surface area contributed by atoms with Crippen LogP contribution >= 0.6 is 15.9 Å². The Labute approximate surface area is 156 Å². The summed E-state index contributed by atoms with van der Waals surface area (Å²) in [6.45, 7) is 4.96. The summed E-state index contributed by atoms with van der Waals surface area (Å²) in [6, 6.07) is 0. The Hall–Kier alpha value is 0.150. The van der Waals surface area contributed by atoms with Crippen molar-refractivity contribution in [2.45, 2.75) is 78.1 Å². The number of rotatable bonds is 2. The van der Waals surface area contributed by atoms with Gasteiger partial charge in [-0.15, -0.1) is 0 Å². The molecule has 0 amide bonds. The van der Waals surface area contributed by atoms with Crippen LogP contribution in [0.25, 0.3) is 0 Å². The molecule has 24 heavy (non-hydrogen) atoms. The third kappa shape index (κ3) is 2.74. The average Bonchev–Trinajstić information content (AvgIpc) is 2.59. The Balaban J connectivity index is 1.57. The van der Waals surface area contributed by atoms with E-state index in [1.54, 1.807) is 0 Å². The molecule has 0 aliphatic heterocycles. The van der Waals surface area contributed by atoms with Crippen LogP contribution in [0, 0.1) is 46.8 Å². The minimum absolute atomic E-state index is 0.305. The van der Waals surface area contributed by atoms with Crippen LogP contribution in [-0.4, -0.2) is 11.1 Å². The highest BCUT2D eigenvalue weighted by molar-refractivity contribution is 9.09. The molecular formula is C22H35BrO. The van der Waals surface area contributed by atoms with E-state index in [1.165, 1.54) is 57.8 Å². The first-order valence-electron chi connectivity index (χ1n) is 10.6. The lowest BCUT2D eigenvalue weighted by Gasteiger charge is -2.60. The monoisotopic (exact) mass is 394 g/mol. The molecule has 0 aromatic heterocycles. The molecule has 0 bridgehead atoms. The smallest absolute Gasteiger partial charge is 0.147 e. The lowest BCUT2D eigenvalue weighted by molar-refractivity contribution is -0.141. The zero-order valence-electron chi connectivity index (χ0n) is 15.6. The Bertz CT molecular complexity index is 488. The fourth-order valence-corrected chi connectivity index (χ4v) is 8.30. The predicted octanol–water partition coefficient (Wildman–Crippen LogP) is 6.25. The van der Waals surface area contributed by atoms with Crippen molar-refractivity contribution in [3.63, 3.8) is 0 Å². The lowest BCUT2D eigenvalue weighted by atomic mass is 9.44. The number of carbonyl (C=O) groups excluding carboxylic acids is 1. The van der Waals surface area contributed by atoms with E-state index >= 15 is 0 Å². The molecule has 0 N–H and O–H groups in total. The maximum atomic E-state index is 12.6. The Morgan fingerprint density at radius 2 is 1.79 bits per heavy atom. The standard InChI is InChI=1S/C22H35BrO/c1-14-6-8-16-15(12-14)7-9-18-17(16)10-11-22(2)19(18)4-3-5-20(22)21(24)13-23/h14-20H,3-13H2,1-2H3. The molecule has 0 radical (unpaired) electrons. The quantitative estimate of drug-likeness (QED) is 0.506. The van der Waals surface area contributed by atoms with Crippen molar-refractivity contribution in [2.24, 2.45) is 46.8 Å². The predicted molar refractivity (Wildman–Crippen MR) is 103 cm³/mol. The Morgan fingerprint density at radius 1 is 1.00 bits per heavy atom. The van der Waals surface area contributed by atoms with Gasteiger partial charge in [0.05, 0.1) is 5.33 Å². The van der Waals surface area contributed by atoms with Crippen LogP contribution in [-0.2, 0) is 4.79 Å². The number of Topliss-reactive ketones (excluding diaryl/α,β-unsaturated/α-hetero) is 1. The highest BCUT2D eigenvalue weighted by Crippen LogP contribution is 2.63. The molecule has 0 heterocycles. The summed E-state index contributed by atoms with van der Waals surface area (Å²) in [7, 11) is 0. The SMILES string of the molecule is CC1CCC2C(CCC3C2CCC2(C)C(C(=O)CBr)CCCC32)C1. The second-order valence-corrected chi connectivity index (χ2v) is 10.5. The molecule has 0 aromatic rings. The summed E-state index contributed by atoms with van der Waals surface area (Å²) in [4.78, 5) is 12.6. The molecule has 0 saturated heterocycles. The summed E-state index contributed by atoms with van der Waals surface area (Å²) in [5, 5.41) is 0.566. The van der Waals surface area contributed by atoms with Gasteiger partial charge in [0.1, 0.15) is 5.78 Å². The van der Waals surface area contributed by atoms with Crippen LogP contribution in [0.4, 0.5) is 0 Å². The van der Waals surface area contributed by atoms with Crippen LogP contribution in [0.15, 0.2) is 0 Å². The van der Waals surface area contributed by atoms with Gasteiger partial charge in [0.2, 0.25) is 0 Å². The highest BCUT2D eigenvalue weighted by Gasteiger charge is 2.56. The van der Waals surface area contributed by atoms with E-state index < -0.39 is 0 Å². The Kier molecular flexibility index (Phi) is 4.91. The zero-order valence-corrected chi connectivity index (χ0v) is 17.2. The van der Waals surface area contributed by atoms with E-state index in [2.05, 4.69) is 29.8 Å². The Morgan fingerprint density at radius 3 is 2.58 bits per heavy atom. The summed E-state index contributed by atoms with van der Waals surface area (Å²) in [5.41, 5.74) is 0.305. The third-order valence-electron chi connectivity index (χ3n) is 8.98. The minimum atomic E-state index is 0.305. The van der Waals surface area contributed by atoms with Crippen LogP contribution < -0.4 is 0 Å². The normalized spacial score (nSPS) is 51.2. The van der Waals surface area contributed by atoms with Crippen LogP contribution in [0.1, 0.15) is 78.1 Å². The van der Waals surface area contributed by atoms with Crippen LogP contribution in [0.5, 0.6) is 0 Å². The molecule has 4 aliphatic carbocycles. The second-order valence-electron chi connectivity index (χ2n) is 9.98. The van der Waals surface area contributed by atoms with Gasteiger partial charge in [-0.2, -0.15) is 0 Å². The molecule has 1 nitrogen and oxygen atoms in total. The summed E-state index contributed by atoms with van der Waals surface area (Å²) in [5.74, 6) is 6.60. The molecule has 4 fully saturated rings. The number of ketones is 1. The van der Waals surface area contributed by atoms with Crippen molar-refractivity contribution in [3.8, 4) is 0 Å². The van der Waals surface area contributed by atoms with Crippen LogP contribution in [0.2, 0.25) is 0 Å². The van der Waals surface area contributed by atoms with Crippen molar-refractivity contribution in [3.05, 3.63) is 0 Å². The van der Waals surface area contributed by atoms with E-state index in [9.17, 15) is 4.79 Å². The van der Waals surface area contributed by atoms with Gasteiger partial charge in [-0.3, -0.25) is 4.79 Å². The van der Waals surface area contributed by atoms with E-state index in [1.807, 2.05) is 0 Å². The lowest BCUT2D eigenvalue weighted by Crippen LogP contribution is -2.54. The van der Waals surface area contributed by atoms with E-state index in [4.69, 9.17) is 0 Å². The number of halogens is 1.